The fourth-order valence-electron chi connectivity index (χ4n) is 0.987. The summed E-state index contributed by atoms with van der Waals surface area (Å²) in [5.41, 5.74) is 0.812. The van der Waals surface area contributed by atoms with E-state index in [-0.39, 0.29) is 11.6 Å². The number of pyridine rings is 2. The molecule has 2 aromatic heterocycles. The summed E-state index contributed by atoms with van der Waals surface area (Å²) in [5.74, 6) is 0.475. The van der Waals surface area contributed by atoms with Crippen LogP contribution in [0.2, 0.25) is 0 Å². The molecule has 0 fully saturated rings. The minimum absolute atomic E-state index is 0.229. The molecule has 0 N–H and O–H groups in total. The van der Waals surface area contributed by atoms with Crippen LogP contribution in [-0.4, -0.2) is 9.97 Å². The van der Waals surface area contributed by atoms with E-state index in [0.717, 1.165) is 5.69 Å². The number of hydrogen-bond donors (Lipinski definition) is 0. The largest absolute Gasteiger partial charge is 0.234 e. The predicted octanol–water partition coefficient (Wildman–Crippen LogP) is 3.27. The van der Waals surface area contributed by atoms with E-state index in [0.29, 0.717) is 0 Å². The topological polar surface area (TPSA) is 84.6 Å². The average molecular weight is 230 g/mol. The van der Waals surface area contributed by atoms with Gasteiger partial charge in [0.25, 0.3) is 0 Å². The van der Waals surface area contributed by atoms with Crippen LogP contribution < -0.4 is 0 Å². The Hall–Kier alpha value is -2.50. The molecule has 0 saturated heterocycles. The van der Waals surface area contributed by atoms with E-state index in [1.165, 1.54) is 6.20 Å². The summed E-state index contributed by atoms with van der Waals surface area (Å²) in [7, 11) is 0. The van der Waals surface area contributed by atoms with Gasteiger partial charge in [-0.2, -0.15) is 0 Å². The van der Waals surface area contributed by atoms with Crippen molar-refractivity contribution in [3.05, 3.63) is 58.1 Å². The molecule has 0 aromatic carbocycles. The first-order chi connectivity index (χ1) is 8.26. The van der Waals surface area contributed by atoms with Crippen LogP contribution in [-0.2, 0) is 0 Å². The molecule has 2 aromatic rings. The highest BCUT2D eigenvalue weighted by atomic mass is 16.3. The average Bonchev–Trinajstić information content (AvgIpc) is 2.40. The van der Waals surface area contributed by atoms with Gasteiger partial charge in [0.1, 0.15) is 0 Å². The maximum Gasteiger partial charge on any atom is 0.196 e. The highest BCUT2D eigenvalue weighted by molar-refractivity contribution is 5.27. The normalized spacial score (nSPS) is 8.76. The first-order valence-electron chi connectivity index (χ1n) is 4.77. The lowest BCUT2D eigenvalue weighted by Crippen LogP contribution is -1.76. The summed E-state index contributed by atoms with van der Waals surface area (Å²) in [6.07, 6.45) is 1.52. The standard InChI is InChI=1S/C6H6N2O.C5H4N2O/c1-5-3-2-4-6(7-5)8-9;8-7-5-3-1-2-4-6-5/h2-4H,1H3;1-4H. The van der Waals surface area contributed by atoms with Crippen molar-refractivity contribution in [1.29, 1.82) is 0 Å². The van der Waals surface area contributed by atoms with Crippen LogP contribution >= 0.6 is 0 Å². The SMILES string of the molecule is Cc1cccc(N=O)n1.O=Nc1ccccn1. The molecule has 0 aliphatic heterocycles. The molecule has 0 bridgehead atoms. The van der Waals surface area contributed by atoms with E-state index in [4.69, 9.17) is 0 Å². The van der Waals surface area contributed by atoms with Crippen molar-refractivity contribution in [3.8, 4) is 0 Å². The fraction of sp³-hybridized carbons (Fsp3) is 0.0909. The highest BCUT2D eigenvalue weighted by Gasteiger charge is 1.89. The van der Waals surface area contributed by atoms with Crippen LogP contribution in [0, 0.1) is 16.7 Å². The van der Waals surface area contributed by atoms with Crippen LogP contribution in [0.1, 0.15) is 5.69 Å². The number of nitroso groups, excluding NO2 is 2. The van der Waals surface area contributed by atoms with Gasteiger partial charge in [-0.05, 0) is 41.5 Å². The first kappa shape index (κ1) is 12.6. The zero-order chi connectivity index (χ0) is 12.5. The van der Waals surface area contributed by atoms with Crippen LogP contribution in [0.5, 0.6) is 0 Å². The lowest BCUT2D eigenvalue weighted by Gasteiger charge is -1.88. The van der Waals surface area contributed by atoms with Gasteiger partial charge in [0.2, 0.25) is 0 Å². The van der Waals surface area contributed by atoms with Gasteiger partial charge in [-0.15, -0.1) is 9.81 Å². The summed E-state index contributed by atoms with van der Waals surface area (Å²) in [4.78, 5) is 27.0. The zero-order valence-electron chi connectivity index (χ0n) is 9.15. The smallest absolute Gasteiger partial charge is 0.196 e. The second-order valence-electron chi connectivity index (χ2n) is 3.01. The predicted molar refractivity (Wildman–Crippen MR) is 64.1 cm³/mol. The van der Waals surface area contributed by atoms with Crippen molar-refractivity contribution < 1.29 is 0 Å². The van der Waals surface area contributed by atoms with Crippen LogP contribution in [0.25, 0.3) is 0 Å². The van der Waals surface area contributed by atoms with Gasteiger partial charge in [0, 0.05) is 11.9 Å². The van der Waals surface area contributed by atoms with Crippen molar-refractivity contribution in [1.82, 2.24) is 9.97 Å². The molecule has 2 heterocycles. The first-order valence-corrected chi connectivity index (χ1v) is 4.77. The van der Waals surface area contributed by atoms with Crippen molar-refractivity contribution >= 4 is 11.6 Å². The molecule has 0 saturated carbocycles. The molecular weight excluding hydrogens is 220 g/mol. The van der Waals surface area contributed by atoms with Crippen molar-refractivity contribution in [2.45, 2.75) is 6.92 Å². The van der Waals surface area contributed by atoms with Gasteiger partial charge in [-0.25, -0.2) is 9.97 Å². The lowest BCUT2D eigenvalue weighted by atomic mass is 10.4. The van der Waals surface area contributed by atoms with Gasteiger partial charge in [0.05, 0.1) is 0 Å². The Morgan fingerprint density at radius 1 is 0.941 bits per heavy atom. The maximum absolute atomic E-state index is 9.85. The molecule has 86 valence electrons. The zero-order valence-corrected chi connectivity index (χ0v) is 9.15. The molecule has 6 heteroatoms. The Labute approximate surface area is 97.7 Å². The molecule has 6 nitrogen and oxygen atoms in total. The van der Waals surface area contributed by atoms with Crippen LogP contribution in [0.15, 0.2) is 52.9 Å². The third-order valence-corrected chi connectivity index (χ3v) is 1.71. The number of rotatable bonds is 2. The molecule has 17 heavy (non-hydrogen) atoms. The molecule has 0 aliphatic rings. The summed E-state index contributed by atoms with van der Waals surface area (Å²) >= 11 is 0. The van der Waals surface area contributed by atoms with Gasteiger partial charge < -0.3 is 0 Å². The molecule has 0 aliphatic carbocycles. The summed E-state index contributed by atoms with van der Waals surface area (Å²) in [6.45, 7) is 1.81. The lowest BCUT2D eigenvalue weighted by molar-refractivity contribution is 1.17. The summed E-state index contributed by atoms with van der Waals surface area (Å²) in [6, 6.07) is 10.1. The molecule has 0 amide bonds. The Balaban J connectivity index is 0.000000171. The van der Waals surface area contributed by atoms with Crippen molar-refractivity contribution in [3.63, 3.8) is 0 Å². The number of aromatic nitrogens is 2. The van der Waals surface area contributed by atoms with E-state index in [2.05, 4.69) is 20.3 Å². The molecule has 0 atom stereocenters. The van der Waals surface area contributed by atoms with Gasteiger partial charge >= 0.3 is 0 Å². The van der Waals surface area contributed by atoms with E-state index < -0.39 is 0 Å². The van der Waals surface area contributed by atoms with Crippen molar-refractivity contribution in [2.24, 2.45) is 10.4 Å². The Bertz CT molecular complexity index is 488. The van der Waals surface area contributed by atoms with Gasteiger partial charge in [-0.1, -0.05) is 12.1 Å². The summed E-state index contributed by atoms with van der Waals surface area (Å²) in [5, 5.41) is 5.28. The Morgan fingerprint density at radius 2 is 1.65 bits per heavy atom. The van der Waals surface area contributed by atoms with Crippen LogP contribution in [0.3, 0.4) is 0 Å². The van der Waals surface area contributed by atoms with E-state index in [9.17, 15) is 9.81 Å². The van der Waals surface area contributed by atoms with E-state index in [1.807, 2.05) is 13.0 Å². The third-order valence-electron chi connectivity index (χ3n) is 1.71. The molecule has 0 spiro atoms. The fourth-order valence-corrected chi connectivity index (χ4v) is 0.987. The molecular formula is C11H10N4O2. The monoisotopic (exact) mass is 230 g/mol. The quantitative estimate of drug-likeness (QED) is 0.741. The number of nitrogens with zero attached hydrogens (tertiary/aromatic N) is 4. The number of aryl methyl sites for hydroxylation is 1. The van der Waals surface area contributed by atoms with Crippen LogP contribution in [0.4, 0.5) is 11.6 Å². The minimum atomic E-state index is 0.229. The van der Waals surface area contributed by atoms with Gasteiger partial charge in [0.15, 0.2) is 11.6 Å². The third kappa shape index (κ3) is 4.70. The Kier molecular flexibility index (Phi) is 5.09. The van der Waals surface area contributed by atoms with E-state index in [1.54, 1.807) is 30.3 Å². The summed E-state index contributed by atoms with van der Waals surface area (Å²) < 4.78 is 0. The molecule has 2 rings (SSSR count). The second kappa shape index (κ2) is 6.89. The minimum Gasteiger partial charge on any atom is -0.234 e. The number of hydrogen-bond acceptors (Lipinski definition) is 6. The molecule has 0 unspecified atom stereocenters. The Morgan fingerprint density at radius 3 is 2.06 bits per heavy atom. The van der Waals surface area contributed by atoms with E-state index >= 15 is 0 Å². The maximum atomic E-state index is 9.85. The second-order valence-corrected chi connectivity index (χ2v) is 3.01. The highest BCUT2D eigenvalue weighted by Crippen LogP contribution is 2.05. The van der Waals surface area contributed by atoms with Crippen molar-refractivity contribution in [2.75, 3.05) is 0 Å². The molecule has 0 radical (unpaired) electrons. The van der Waals surface area contributed by atoms with Gasteiger partial charge in [-0.3, -0.25) is 0 Å².